The van der Waals surface area contributed by atoms with E-state index in [1.165, 1.54) is 24.4 Å². The van der Waals surface area contributed by atoms with E-state index in [9.17, 15) is 9.59 Å². The number of amides is 1. The van der Waals surface area contributed by atoms with Crippen LogP contribution in [0.5, 0.6) is 0 Å². The monoisotopic (exact) mass is 290 g/mol. The smallest absolute Gasteiger partial charge is 0.337 e. The van der Waals surface area contributed by atoms with Gasteiger partial charge in [0.1, 0.15) is 5.15 Å². The molecule has 0 atom stereocenters. The number of carbonyl (C=O) groups excluding carboxylic acids is 1. The van der Waals surface area contributed by atoms with Crippen LogP contribution in [-0.2, 0) is 0 Å². The van der Waals surface area contributed by atoms with Crippen LogP contribution in [0.15, 0.2) is 36.5 Å². The van der Waals surface area contributed by atoms with Crippen molar-refractivity contribution in [2.75, 3.05) is 5.32 Å². The Hall–Kier alpha value is -2.40. The van der Waals surface area contributed by atoms with Crippen LogP contribution in [-0.4, -0.2) is 22.0 Å². The second kappa shape index (κ2) is 5.71. The van der Waals surface area contributed by atoms with Crippen molar-refractivity contribution in [1.29, 1.82) is 0 Å². The largest absolute Gasteiger partial charge is 0.478 e. The number of benzene rings is 1. The van der Waals surface area contributed by atoms with Crippen LogP contribution in [0.2, 0.25) is 5.15 Å². The summed E-state index contributed by atoms with van der Waals surface area (Å²) in [5.74, 6) is -1.54. The van der Waals surface area contributed by atoms with Crippen molar-refractivity contribution in [3.05, 3.63) is 58.4 Å². The standard InChI is InChI=1S/C14H11ClN2O3/c1-8-2-4-11(10(6-8)14(19)20)17-13(18)9-3-5-12(15)16-7-9/h2-7H,1H3,(H,17,18)(H,19,20). The van der Waals surface area contributed by atoms with Gasteiger partial charge in [0.05, 0.1) is 16.8 Å². The number of hydrogen-bond acceptors (Lipinski definition) is 3. The van der Waals surface area contributed by atoms with Crippen LogP contribution < -0.4 is 5.32 Å². The number of rotatable bonds is 3. The molecule has 2 N–H and O–H groups in total. The van der Waals surface area contributed by atoms with Gasteiger partial charge >= 0.3 is 5.97 Å². The fourth-order valence-corrected chi connectivity index (χ4v) is 1.76. The van der Waals surface area contributed by atoms with Crippen LogP contribution in [0.4, 0.5) is 5.69 Å². The molecule has 0 spiro atoms. The predicted molar refractivity (Wildman–Crippen MR) is 75.3 cm³/mol. The Morgan fingerprint density at radius 3 is 2.60 bits per heavy atom. The Bertz CT molecular complexity index is 669. The minimum Gasteiger partial charge on any atom is -0.478 e. The van der Waals surface area contributed by atoms with E-state index in [0.29, 0.717) is 5.56 Å². The molecule has 0 fully saturated rings. The number of aromatic nitrogens is 1. The number of nitrogens with one attached hydrogen (secondary N) is 1. The van der Waals surface area contributed by atoms with Crippen LogP contribution >= 0.6 is 11.6 Å². The van der Waals surface area contributed by atoms with Gasteiger partial charge in [0.25, 0.3) is 5.91 Å². The summed E-state index contributed by atoms with van der Waals surface area (Å²) >= 11 is 5.64. The molecule has 0 saturated heterocycles. The average molecular weight is 291 g/mol. The molecule has 0 radical (unpaired) electrons. The molecule has 0 aliphatic carbocycles. The maximum atomic E-state index is 12.0. The van der Waals surface area contributed by atoms with Crippen molar-refractivity contribution in [2.45, 2.75) is 6.92 Å². The van der Waals surface area contributed by atoms with E-state index in [1.807, 2.05) is 0 Å². The van der Waals surface area contributed by atoms with Gasteiger partial charge in [0.15, 0.2) is 0 Å². The molecule has 1 heterocycles. The topological polar surface area (TPSA) is 79.3 Å². The first-order valence-corrected chi connectivity index (χ1v) is 6.12. The van der Waals surface area contributed by atoms with E-state index < -0.39 is 11.9 Å². The molecule has 1 amide bonds. The first-order valence-electron chi connectivity index (χ1n) is 5.74. The van der Waals surface area contributed by atoms with E-state index in [1.54, 1.807) is 19.1 Å². The number of aryl methyl sites for hydroxylation is 1. The third-order valence-electron chi connectivity index (χ3n) is 2.64. The highest BCUT2D eigenvalue weighted by atomic mass is 35.5. The molecule has 1 aromatic heterocycles. The summed E-state index contributed by atoms with van der Waals surface area (Å²) < 4.78 is 0. The van der Waals surface area contributed by atoms with Crippen LogP contribution in [0.25, 0.3) is 0 Å². The van der Waals surface area contributed by atoms with Gasteiger partial charge in [-0.25, -0.2) is 9.78 Å². The molecule has 0 saturated carbocycles. The van der Waals surface area contributed by atoms with Gasteiger partial charge < -0.3 is 10.4 Å². The Labute approximate surface area is 120 Å². The molecule has 2 aromatic rings. The summed E-state index contributed by atoms with van der Waals surface area (Å²) in [6.45, 7) is 1.78. The number of carbonyl (C=O) groups is 2. The first-order chi connectivity index (χ1) is 9.47. The average Bonchev–Trinajstić information content (AvgIpc) is 2.41. The first kappa shape index (κ1) is 14.0. The highest BCUT2D eigenvalue weighted by molar-refractivity contribution is 6.29. The molecule has 0 unspecified atom stereocenters. The van der Waals surface area contributed by atoms with Gasteiger partial charge in [-0.3, -0.25) is 4.79 Å². The minimum atomic E-state index is -1.10. The van der Waals surface area contributed by atoms with Crippen molar-refractivity contribution in [2.24, 2.45) is 0 Å². The molecule has 6 heteroatoms. The molecule has 2 rings (SSSR count). The maximum Gasteiger partial charge on any atom is 0.337 e. The van der Waals surface area contributed by atoms with Crippen LogP contribution in [0.3, 0.4) is 0 Å². The number of halogens is 1. The molecule has 0 aliphatic rings. The van der Waals surface area contributed by atoms with Crippen LogP contribution in [0.1, 0.15) is 26.3 Å². The fourth-order valence-electron chi connectivity index (χ4n) is 1.65. The van der Waals surface area contributed by atoms with E-state index in [4.69, 9.17) is 16.7 Å². The van der Waals surface area contributed by atoms with E-state index in [2.05, 4.69) is 10.3 Å². The van der Waals surface area contributed by atoms with Gasteiger partial charge in [-0.05, 0) is 31.2 Å². The molecule has 0 aliphatic heterocycles. The van der Waals surface area contributed by atoms with Gasteiger partial charge in [-0.1, -0.05) is 23.2 Å². The zero-order valence-corrected chi connectivity index (χ0v) is 11.3. The quantitative estimate of drug-likeness (QED) is 0.852. The number of carboxylic acid groups (broad SMARTS) is 1. The van der Waals surface area contributed by atoms with E-state index >= 15 is 0 Å². The Kier molecular flexibility index (Phi) is 4.00. The van der Waals surface area contributed by atoms with Crippen LogP contribution in [0, 0.1) is 6.92 Å². The zero-order chi connectivity index (χ0) is 14.7. The van der Waals surface area contributed by atoms with E-state index in [-0.39, 0.29) is 16.4 Å². The van der Waals surface area contributed by atoms with Gasteiger partial charge in [0.2, 0.25) is 0 Å². The molecule has 102 valence electrons. The molecule has 20 heavy (non-hydrogen) atoms. The number of anilines is 1. The third-order valence-corrected chi connectivity index (χ3v) is 2.87. The third kappa shape index (κ3) is 3.13. The van der Waals surface area contributed by atoms with Crippen molar-refractivity contribution in [1.82, 2.24) is 4.98 Å². The van der Waals surface area contributed by atoms with Crippen molar-refractivity contribution >= 4 is 29.2 Å². The minimum absolute atomic E-state index is 0.0419. The highest BCUT2D eigenvalue weighted by Crippen LogP contribution is 2.18. The molecule has 5 nitrogen and oxygen atoms in total. The molecular formula is C14H11ClN2O3. The fraction of sp³-hybridized carbons (Fsp3) is 0.0714. The second-order valence-electron chi connectivity index (χ2n) is 4.18. The lowest BCUT2D eigenvalue weighted by atomic mass is 10.1. The Morgan fingerprint density at radius 2 is 2.00 bits per heavy atom. The van der Waals surface area contributed by atoms with Crippen molar-refractivity contribution in [3.63, 3.8) is 0 Å². The predicted octanol–water partition coefficient (Wildman–Crippen LogP) is 2.99. The zero-order valence-electron chi connectivity index (χ0n) is 10.6. The van der Waals surface area contributed by atoms with Gasteiger partial charge in [0, 0.05) is 6.20 Å². The maximum absolute atomic E-state index is 12.0. The lowest BCUT2D eigenvalue weighted by Crippen LogP contribution is -2.15. The molecule has 1 aromatic carbocycles. The normalized spacial score (nSPS) is 10.1. The number of pyridine rings is 1. The lowest BCUT2D eigenvalue weighted by Gasteiger charge is -2.09. The summed E-state index contributed by atoms with van der Waals surface area (Å²) in [4.78, 5) is 27.0. The number of hydrogen-bond donors (Lipinski definition) is 2. The number of aromatic carboxylic acids is 1. The Morgan fingerprint density at radius 1 is 1.25 bits per heavy atom. The van der Waals surface area contributed by atoms with Gasteiger partial charge in [-0.15, -0.1) is 0 Å². The summed E-state index contributed by atoms with van der Waals surface area (Å²) in [6, 6.07) is 7.78. The summed E-state index contributed by atoms with van der Waals surface area (Å²) in [5.41, 5.74) is 1.38. The van der Waals surface area contributed by atoms with Crippen molar-refractivity contribution in [3.8, 4) is 0 Å². The summed E-state index contributed by atoms with van der Waals surface area (Å²) in [5, 5.41) is 12.0. The number of carboxylic acids is 1. The Balaban J connectivity index is 2.28. The van der Waals surface area contributed by atoms with Gasteiger partial charge in [-0.2, -0.15) is 0 Å². The summed E-state index contributed by atoms with van der Waals surface area (Å²) in [7, 11) is 0. The molecular weight excluding hydrogens is 280 g/mol. The van der Waals surface area contributed by atoms with Crippen molar-refractivity contribution < 1.29 is 14.7 Å². The highest BCUT2D eigenvalue weighted by Gasteiger charge is 2.14. The summed E-state index contributed by atoms with van der Waals surface area (Å²) in [6.07, 6.45) is 1.33. The molecule has 0 bridgehead atoms. The SMILES string of the molecule is Cc1ccc(NC(=O)c2ccc(Cl)nc2)c(C(=O)O)c1. The lowest BCUT2D eigenvalue weighted by molar-refractivity contribution is 0.0698. The second-order valence-corrected chi connectivity index (χ2v) is 4.57. The number of nitrogens with zero attached hydrogens (tertiary/aromatic N) is 1. The van der Waals surface area contributed by atoms with E-state index in [0.717, 1.165) is 5.56 Å².